The quantitative estimate of drug-likeness (QED) is 0.577. The number of ether oxygens (including phenoxy) is 2. The van der Waals surface area contributed by atoms with Crippen LogP contribution in [0.25, 0.3) is 11.2 Å². The van der Waals surface area contributed by atoms with Gasteiger partial charge in [0, 0.05) is 38.0 Å². The third-order valence-electron chi connectivity index (χ3n) is 6.45. The molecule has 0 bridgehead atoms. The standard InChI is InChI=1S/C24H26F3N5O3/c25-24(26,27)35-17-4-2-16(3-5-17)23(33)32-11-7-15(8-12-32)18-6-10-29-22-20(18)30-21(31-22)19-14-28-9-1-13-34-19/h2-6,10,15,19,28H,1,7-9,11-14H2,(H,29,30,31). The number of alkyl halides is 3. The molecule has 0 radical (unpaired) electrons. The second-order valence-electron chi connectivity index (χ2n) is 8.78. The molecule has 5 rings (SSSR count). The number of piperidine rings is 1. The molecule has 2 fully saturated rings. The Morgan fingerprint density at radius 1 is 1.14 bits per heavy atom. The molecule has 186 valence electrons. The Hall–Kier alpha value is -3.18. The lowest BCUT2D eigenvalue weighted by molar-refractivity contribution is -0.274. The van der Waals surface area contributed by atoms with Crippen LogP contribution in [0, 0.1) is 0 Å². The summed E-state index contributed by atoms with van der Waals surface area (Å²) in [5.41, 5.74) is 3.01. The average molecular weight is 489 g/mol. The molecule has 1 amide bonds. The van der Waals surface area contributed by atoms with E-state index < -0.39 is 6.36 Å². The van der Waals surface area contributed by atoms with Crippen LogP contribution in [-0.4, -0.2) is 64.9 Å². The SMILES string of the molecule is O=C(c1ccc(OC(F)(F)F)cc1)N1CCC(c2ccnc3nc(C4CNCCCO4)[nH]c23)CC1. The van der Waals surface area contributed by atoms with Gasteiger partial charge in [-0.15, -0.1) is 13.2 Å². The summed E-state index contributed by atoms with van der Waals surface area (Å²) in [4.78, 5) is 27.1. The highest BCUT2D eigenvalue weighted by Gasteiger charge is 2.31. The van der Waals surface area contributed by atoms with Gasteiger partial charge in [-0.2, -0.15) is 0 Å². The zero-order chi connectivity index (χ0) is 24.4. The molecule has 1 atom stereocenters. The topological polar surface area (TPSA) is 92.4 Å². The highest BCUT2D eigenvalue weighted by atomic mass is 19.4. The van der Waals surface area contributed by atoms with Crippen molar-refractivity contribution in [1.29, 1.82) is 0 Å². The minimum Gasteiger partial charge on any atom is -0.406 e. The van der Waals surface area contributed by atoms with Crippen LogP contribution >= 0.6 is 0 Å². The molecule has 2 aromatic heterocycles. The number of halogens is 3. The fraction of sp³-hybridized carbons (Fsp3) is 0.458. The third-order valence-corrected chi connectivity index (χ3v) is 6.45. The number of nitrogens with one attached hydrogen (secondary N) is 2. The minimum absolute atomic E-state index is 0.146. The fourth-order valence-electron chi connectivity index (χ4n) is 4.71. The third kappa shape index (κ3) is 5.40. The van der Waals surface area contributed by atoms with Crippen molar-refractivity contribution in [3.63, 3.8) is 0 Å². The van der Waals surface area contributed by atoms with Crippen molar-refractivity contribution in [2.45, 2.75) is 37.6 Å². The van der Waals surface area contributed by atoms with Crippen LogP contribution in [0.2, 0.25) is 0 Å². The number of imidazole rings is 1. The number of pyridine rings is 1. The van der Waals surface area contributed by atoms with Crippen LogP contribution < -0.4 is 10.1 Å². The van der Waals surface area contributed by atoms with Gasteiger partial charge in [-0.05, 0) is 67.6 Å². The number of rotatable bonds is 4. The summed E-state index contributed by atoms with van der Waals surface area (Å²) in [6, 6.07) is 7.03. The fourth-order valence-corrected chi connectivity index (χ4v) is 4.71. The van der Waals surface area contributed by atoms with E-state index in [9.17, 15) is 18.0 Å². The van der Waals surface area contributed by atoms with Crippen LogP contribution in [0.4, 0.5) is 13.2 Å². The molecule has 0 spiro atoms. The number of hydrogen-bond donors (Lipinski definition) is 2. The molecule has 1 aromatic carbocycles. The Kier molecular flexibility index (Phi) is 6.61. The van der Waals surface area contributed by atoms with E-state index in [-0.39, 0.29) is 23.7 Å². The number of fused-ring (bicyclic) bond motifs is 1. The molecule has 0 aliphatic carbocycles. The van der Waals surface area contributed by atoms with Crippen molar-refractivity contribution >= 4 is 17.1 Å². The number of nitrogens with zero attached hydrogens (tertiary/aromatic N) is 3. The van der Waals surface area contributed by atoms with Crippen LogP contribution in [-0.2, 0) is 4.74 Å². The number of H-pyrrole nitrogens is 1. The van der Waals surface area contributed by atoms with E-state index in [0.29, 0.717) is 37.5 Å². The maximum Gasteiger partial charge on any atom is 0.573 e. The van der Waals surface area contributed by atoms with Gasteiger partial charge < -0.3 is 24.7 Å². The molecule has 2 N–H and O–H groups in total. The number of amides is 1. The summed E-state index contributed by atoms with van der Waals surface area (Å²) in [5.74, 6) is 0.440. The second kappa shape index (κ2) is 9.82. The lowest BCUT2D eigenvalue weighted by Crippen LogP contribution is -2.38. The van der Waals surface area contributed by atoms with Crippen molar-refractivity contribution in [3.05, 3.63) is 53.5 Å². The minimum atomic E-state index is -4.76. The highest BCUT2D eigenvalue weighted by Crippen LogP contribution is 2.33. The van der Waals surface area contributed by atoms with Gasteiger partial charge in [0.25, 0.3) is 5.91 Å². The predicted molar refractivity (Wildman–Crippen MR) is 121 cm³/mol. The summed E-state index contributed by atoms with van der Waals surface area (Å²) in [6.07, 6.45) is -0.668. The zero-order valence-corrected chi connectivity index (χ0v) is 19.0. The molecule has 2 saturated heterocycles. The van der Waals surface area contributed by atoms with Gasteiger partial charge in [0.15, 0.2) is 5.65 Å². The Bertz CT molecular complexity index is 1170. The van der Waals surface area contributed by atoms with Gasteiger partial charge in [-0.1, -0.05) is 0 Å². The number of hydrogen-bond acceptors (Lipinski definition) is 6. The molecule has 2 aliphatic rings. The first-order chi connectivity index (χ1) is 16.9. The molecule has 4 heterocycles. The van der Waals surface area contributed by atoms with E-state index in [1.807, 2.05) is 6.07 Å². The number of benzene rings is 1. The van der Waals surface area contributed by atoms with Gasteiger partial charge >= 0.3 is 6.36 Å². The summed E-state index contributed by atoms with van der Waals surface area (Å²) in [6.45, 7) is 3.39. The van der Waals surface area contributed by atoms with Crippen molar-refractivity contribution < 1.29 is 27.4 Å². The number of carbonyl (C=O) groups is 1. The molecular formula is C24H26F3N5O3. The molecule has 8 nitrogen and oxygen atoms in total. The van der Waals surface area contributed by atoms with Gasteiger partial charge in [0.05, 0.1) is 5.52 Å². The van der Waals surface area contributed by atoms with Crippen LogP contribution in [0.3, 0.4) is 0 Å². The van der Waals surface area contributed by atoms with Crippen molar-refractivity contribution in [2.24, 2.45) is 0 Å². The average Bonchev–Trinajstić information content (AvgIpc) is 3.10. The van der Waals surface area contributed by atoms with E-state index in [1.54, 1.807) is 11.1 Å². The maximum absolute atomic E-state index is 12.9. The lowest BCUT2D eigenvalue weighted by atomic mass is 9.89. The normalized spacial score (nSPS) is 20.1. The second-order valence-corrected chi connectivity index (χ2v) is 8.78. The van der Waals surface area contributed by atoms with E-state index in [4.69, 9.17) is 4.74 Å². The van der Waals surface area contributed by atoms with E-state index >= 15 is 0 Å². The smallest absolute Gasteiger partial charge is 0.406 e. The number of aromatic nitrogens is 3. The molecule has 1 unspecified atom stereocenters. The summed E-state index contributed by atoms with van der Waals surface area (Å²) in [5, 5.41) is 3.36. The van der Waals surface area contributed by atoms with Crippen molar-refractivity contribution in [1.82, 2.24) is 25.2 Å². The Labute approximate surface area is 199 Å². The summed E-state index contributed by atoms with van der Waals surface area (Å²) >= 11 is 0. The molecular weight excluding hydrogens is 463 g/mol. The van der Waals surface area contributed by atoms with Gasteiger partial charge in [0.2, 0.25) is 0 Å². The van der Waals surface area contributed by atoms with Gasteiger partial charge in [-0.25, -0.2) is 9.97 Å². The summed E-state index contributed by atoms with van der Waals surface area (Å²) < 4.78 is 46.9. The maximum atomic E-state index is 12.9. The number of likely N-dealkylation sites (tertiary alicyclic amines) is 1. The van der Waals surface area contributed by atoms with Crippen LogP contribution in [0.1, 0.15) is 53.0 Å². The Morgan fingerprint density at radius 3 is 2.66 bits per heavy atom. The highest BCUT2D eigenvalue weighted by molar-refractivity contribution is 5.94. The monoisotopic (exact) mass is 489 g/mol. The Morgan fingerprint density at radius 2 is 1.91 bits per heavy atom. The van der Waals surface area contributed by atoms with Crippen molar-refractivity contribution in [2.75, 3.05) is 32.8 Å². The van der Waals surface area contributed by atoms with Gasteiger partial charge in [-0.3, -0.25) is 4.79 Å². The molecule has 35 heavy (non-hydrogen) atoms. The molecule has 2 aliphatic heterocycles. The van der Waals surface area contributed by atoms with Crippen LogP contribution in [0.5, 0.6) is 5.75 Å². The first-order valence-corrected chi connectivity index (χ1v) is 11.7. The zero-order valence-electron chi connectivity index (χ0n) is 19.0. The van der Waals surface area contributed by atoms with E-state index in [2.05, 4.69) is 25.0 Å². The van der Waals surface area contributed by atoms with Gasteiger partial charge in [0.1, 0.15) is 17.7 Å². The van der Waals surface area contributed by atoms with E-state index in [0.717, 1.165) is 54.8 Å². The number of carbonyl (C=O) groups excluding carboxylic acids is 1. The lowest BCUT2D eigenvalue weighted by Gasteiger charge is -2.32. The molecule has 3 aromatic rings. The summed E-state index contributed by atoms with van der Waals surface area (Å²) in [7, 11) is 0. The molecule has 0 saturated carbocycles. The predicted octanol–water partition coefficient (Wildman–Crippen LogP) is 3.93. The first-order valence-electron chi connectivity index (χ1n) is 11.7. The Balaban J connectivity index is 1.25. The number of aromatic amines is 1. The molecule has 11 heteroatoms. The van der Waals surface area contributed by atoms with E-state index in [1.165, 1.54) is 12.1 Å². The van der Waals surface area contributed by atoms with Crippen molar-refractivity contribution in [3.8, 4) is 5.75 Å². The largest absolute Gasteiger partial charge is 0.573 e. The first kappa shape index (κ1) is 23.6. The van der Waals surface area contributed by atoms with Crippen LogP contribution in [0.15, 0.2) is 36.5 Å².